The topological polar surface area (TPSA) is 0 Å². The van der Waals surface area contributed by atoms with Gasteiger partial charge in [-0.2, -0.15) is 0 Å². The molecule has 0 N–H and O–H groups in total. The lowest BCUT2D eigenvalue weighted by atomic mass is 9.80. The van der Waals surface area contributed by atoms with E-state index in [1.165, 1.54) is 44.1 Å². The minimum Gasteiger partial charge on any atom is -0.0945 e. The van der Waals surface area contributed by atoms with Crippen LogP contribution in [0.2, 0.25) is 0 Å². The van der Waals surface area contributed by atoms with Crippen LogP contribution in [0.3, 0.4) is 0 Å². The van der Waals surface area contributed by atoms with Crippen LogP contribution in [0.1, 0.15) is 69.9 Å². The van der Waals surface area contributed by atoms with Crippen LogP contribution in [-0.4, -0.2) is 0 Å². The van der Waals surface area contributed by atoms with Crippen molar-refractivity contribution in [3.05, 3.63) is 41.5 Å². The van der Waals surface area contributed by atoms with E-state index in [9.17, 15) is 0 Å². The van der Waals surface area contributed by atoms with E-state index < -0.39 is 0 Å². The second-order valence-corrected chi connectivity index (χ2v) is 6.21. The molecule has 112 valence electrons. The van der Waals surface area contributed by atoms with Gasteiger partial charge >= 0.3 is 0 Å². The maximum Gasteiger partial charge on any atom is 0.0245 e. The molecule has 21 heavy (non-hydrogen) atoms. The molecule has 1 aromatic carbocycles. The van der Waals surface area contributed by atoms with E-state index in [0.29, 0.717) is 5.92 Å². The van der Waals surface area contributed by atoms with Gasteiger partial charge in [-0.1, -0.05) is 62.8 Å². The Bertz CT molecular complexity index is 487. The predicted octanol–water partition coefficient (Wildman–Crippen LogP) is 6.07. The Kier molecular flexibility index (Phi) is 6.61. The molecule has 0 heteroatoms. The van der Waals surface area contributed by atoms with Crippen molar-refractivity contribution in [1.82, 2.24) is 0 Å². The van der Waals surface area contributed by atoms with E-state index in [1.807, 2.05) is 0 Å². The van der Waals surface area contributed by atoms with E-state index in [1.54, 1.807) is 0 Å². The smallest absolute Gasteiger partial charge is 0.0245 e. The minimum atomic E-state index is 0.623. The van der Waals surface area contributed by atoms with Crippen molar-refractivity contribution in [2.24, 2.45) is 11.8 Å². The van der Waals surface area contributed by atoms with Gasteiger partial charge in [-0.25, -0.2) is 0 Å². The fourth-order valence-electron chi connectivity index (χ4n) is 3.12. The molecule has 0 amide bonds. The molecule has 0 nitrogen and oxygen atoms in total. The van der Waals surface area contributed by atoms with Crippen LogP contribution < -0.4 is 0 Å². The second-order valence-electron chi connectivity index (χ2n) is 6.21. The number of benzene rings is 1. The number of hydrogen-bond acceptors (Lipinski definition) is 0. The van der Waals surface area contributed by atoms with Crippen molar-refractivity contribution in [3.8, 4) is 11.8 Å². The largest absolute Gasteiger partial charge is 0.0945 e. The van der Waals surface area contributed by atoms with Gasteiger partial charge in [0.25, 0.3) is 0 Å². The molecule has 0 heterocycles. The Morgan fingerprint density at radius 2 is 1.76 bits per heavy atom. The maximum absolute atomic E-state index is 3.50. The van der Waals surface area contributed by atoms with E-state index in [2.05, 4.69) is 62.1 Å². The third-order valence-electron chi connectivity index (χ3n) is 4.42. The molecule has 2 rings (SSSR count). The molecule has 0 unspecified atom stereocenters. The average Bonchev–Trinajstić information content (AvgIpc) is 2.53. The van der Waals surface area contributed by atoms with Crippen LogP contribution >= 0.6 is 0 Å². The summed E-state index contributed by atoms with van der Waals surface area (Å²) in [5.41, 5.74) is 2.42. The standard InChI is InChI=1S/C21H28/c1-3-5-7-19-10-14-21(15-11-19)17-16-20-12-8-18(6-4-2)9-13-20/h5,7,10-11,14-15,18,20H,3-4,6,8-9,12-13H2,1-2H3/b7-5+. The lowest BCUT2D eigenvalue weighted by Crippen LogP contribution is -2.13. The second kappa shape index (κ2) is 8.73. The highest BCUT2D eigenvalue weighted by molar-refractivity contribution is 5.51. The third-order valence-corrected chi connectivity index (χ3v) is 4.42. The quantitative estimate of drug-likeness (QED) is 0.587. The molecule has 1 saturated carbocycles. The van der Waals surface area contributed by atoms with Crippen LogP contribution in [0.4, 0.5) is 0 Å². The monoisotopic (exact) mass is 280 g/mol. The zero-order valence-electron chi connectivity index (χ0n) is 13.6. The Labute approximate surface area is 130 Å². The summed E-state index contributed by atoms with van der Waals surface area (Å²) in [6, 6.07) is 8.61. The first-order valence-corrected chi connectivity index (χ1v) is 8.60. The Morgan fingerprint density at radius 3 is 2.38 bits per heavy atom. The van der Waals surface area contributed by atoms with Crippen molar-refractivity contribution < 1.29 is 0 Å². The number of rotatable bonds is 4. The lowest BCUT2D eigenvalue weighted by molar-refractivity contribution is 0.300. The molecule has 0 bridgehead atoms. The first-order valence-electron chi connectivity index (χ1n) is 8.60. The molecular weight excluding hydrogens is 252 g/mol. The fourth-order valence-corrected chi connectivity index (χ4v) is 3.12. The summed E-state index contributed by atoms with van der Waals surface area (Å²) in [5, 5.41) is 0. The summed E-state index contributed by atoms with van der Waals surface area (Å²) in [6.07, 6.45) is 13.6. The van der Waals surface area contributed by atoms with Crippen LogP contribution in [0.15, 0.2) is 30.3 Å². The Morgan fingerprint density at radius 1 is 1.05 bits per heavy atom. The summed E-state index contributed by atoms with van der Waals surface area (Å²) in [7, 11) is 0. The molecule has 0 aromatic heterocycles. The van der Waals surface area contributed by atoms with Crippen molar-refractivity contribution >= 4 is 6.08 Å². The first kappa shape index (κ1) is 15.9. The summed E-state index contributed by atoms with van der Waals surface area (Å²) in [4.78, 5) is 0. The molecule has 0 radical (unpaired) electrons. The summed E-state index contributed by atoms with van der Waals surface area (Å²) in [5.74, 6) is 8.46. The SMILES string of the molecule is CC/C=C/c1ccc(C#CC2CCC(CCC)CC2)cc1. The normalized spacial score (nSPS) is 22.0. The van der Waals surface area contributed by atoms with Gasteiger partial charge in [-0.3, -0.25) is 0 Å². The van der Waals surface area contributed by atoms with Gasteiger partial charge < -0.3 is 0 Å². The van der Waals surface area contributed by atoms with E-state index >= 15 is 0 Å². The van der Waals surface area contributed by atoms with Crippen molar-refractivity contribution in [3.63, 3.8) is 0 Å². The Balaban J connectivity index is 1.87. The highest BCUT2D eigenvalue weighted by atomic mass is 14.2. The van der Waals surface area contributed by atoms with Gasteiger partial charge in [0.1, 0.15) is 0 Å². The first-order chi connectivity index (χ1) is 10.3. The van der Waals surface area contributed by atoms with E-state index in [0.717, 1.165) is 17.9 Å². The van der Waals surface area contributed by atoms with Crippen LogP contribution in [0.25, 0.3) is 6.08 Å². The van der Waals surface area contributed by atoms with Crippen LogP contribution in [0.5, 0.6) is 0 Å². The highest BCUT2D eigenvalue weighted by Gasteiger charge is 2.18. The third kappa shape index (κ3) is 5.43. The highest BCUT2D eigenvalue weighted by Crippen LogP contribution is 2.31. The molecule has 1 aliphatic rings. The predicted molar refractivity (Wildman–Crippen MR) is 93.0 cm³/mol. The average molecular weight is 280 g/mol. The zero-order valence-corrected chi connectivity index (χ0v) is 13.6. The zero-order chi connectivity index (χ0) is 14.9. The molecule has 1 fully saturated rings. The fraction of sp³-hybridized carbons (Fsp3) is 0.524. The van der Waals surface area contributed by atoms with Gasteiger partial charge in [0.15, 0.2) is 0 Å². The summed E-state index contributed by atoms with van der Waals surface area (Å²) >= 11 is 0. The number of hydrogen-bond donors (Lipinski definition) is 0. The van der Waals surface area contributed by atoms with Crippen molar-refractivity contribution in [1.29, 1.82) is 0 Å². The van der Waals surface area contributed by atoms with E-state index in [4.69, 9.17) is 0 Å². The lowest BCUT2D eigenvalue weighted by Gasteiger charge is -2.25. The Hall–Kier alpha value is -1.48. The molecule has 0 atom stereocenters. The van der Waals surface area contributed by atoms with E-state index in [-0.39, 0.29) is 0 Å². The maximum atomic E-state index is 3.50. The molecule has 1 aliphatic carbocycles. The van der Waals surface area contributed by atoms with Crippen molar-refractivity contribution in [2.45, 2.75) is 58.8 Å². The molecule has 1 aromatic rings. The summed E-state index contributed by atoms with van der Waals surface area (Å²) < 4.78 is 0. The molecule has 0 aliphatic heterocycles. The van der Waals surface area contributed by atoms with Gasteiger partial charge in [0.2, 0.25) is 0 Å². The minimum absolute atomic E-state index is 0.623. The van der Waals surface area contributed by atoms with Gasteiger partial charge in [0, 0.05) is 11.5 Å². The van der Waals surface area contributed by atoms with Crippen molar-refractivity contribution in [2.75, 3.05) is 0 Å². The molecule has 0 spiro atoms. The van der Waals surface area contributed by atoms with Gasteiger partial charge in [-0.15, -0.1) is 0 Å². The molecule has 0 saturated heterocycles. The summed E-state index contributed by atoms with van der Waals surface area (Å²) in [6.45, 7) is 4.46. The molecular formula is C21H28. The van der Waals surface area contributed by atoms with Crippen LogP contribution in [-0.2, 0) is 0 Å². The van der Waals surface area contributed by atoms with Gasteiger partial charge in [-0.05, 0) is 55.7 Å². The van der Waals surface area contributed by atoms with Gasteiger partial charge in [0.05, 0.1) is 0 Å². The van der Waals surface area contributed by atoms with Crippen LogP contribution in [0, 0.1) is 23.7 Å². The number of allylic oxidation sites excluding steroid dienone is 1.